The summed E-state index contributed by atoms with van der Waals surface area (Å²) < 4.78 is 11.5. The lowest BCUT2D eigenvalue weighted by Gasteiger charge is -2.19. The molecule has 3 nitrogen and oxygen atoms in total. The molecule has 1 heterocycles. The van der Waals surface area contributed by atoms with Gasteiger partial charge in [0.15, 0.2) is 5.43 Å². The van der Waals surface area contributed by atoms with E-state index in [0.717, 1.165) is 17.5 Å². The van der Waals surface area contributed by atoms with Gasteiger partial charge in [0.25, 0.3) is 0 Å². The molecule has 0 atom stereocenters. The Bertz CT molecular complexity index is 988. The van der Waals surface area contributed by atoms with Crippen molar-refractivity contribution in [3.05, 3.63) is 74.9 Å². The summed E-state index contributed by atoms with van der Waals surface area (Å²) in [5.41, 5.74) is 3.58. The quantitative estimate of drug-likeness (QED) is 0.678. The first kappa shape index (κ1) is 15.0. The fourth-order valence-electron chi connectivity index (χ4n) is 3.20. The second-order valence-electron chi connectivity index (χ2n) is 5.78. The molecular weight excluding hydrogens is 324 g/mol. The van der Waals surface area contributed by atoms with Crippen LogP contribution in [-0.2, 0) is 12.8 Å². The molecule has 4 rings (SSSR count). The summed E-state index contributed by atoms with van der Waals surface area (Å²) in [5, 5.41) is 0.562. The van der Waals surface area contributed by atoms with E-state index in [0.29, 0.717) is 34.3 Å². The Morgan fingerprint density at radius 2 is 1.88 bits per heavy atom. The third-order valence-corrected chi connectivity index (χ3v) is 4.61. The Morgan fingerprint density at radius 3 is 2.71 bits per heavy atom. The second-order valence-corrected chi connectivity index (χ2v) is 6.22. The van der Waals surface area contributed by atoms with Crippen LogP contribution in [0.5, 0.6) is 5.75 Å². The van der Waals surface area contributed by atoms with Crippen LogP contribution in [0.4, 0.5) is 0 Å². The van der Waals surface area contributed by atoms with Gasteiger partial charge < -0.3 is 9.15 Å². The van der Waals surface area contributed by atoms with Crippen molar-refractivity contribution < 1.29 is 9.15 Å². The van der Waals surface area contributed by atoms with E-state index in [2.05, 4.69) is 6.07 Å². The van der Waals surface area contributed by atoms with E-state index >= 15 is 0 Å². The van der Waals surface area contributed by atoms with Crippen molar-refractivity contribution in [2.75, 3.05) is 7.11 Å². The molecule has 0 bridgehead atoms. The Kier molecular flexibility index (Phi) is 3.66. The average molecular weight is 339 g/mol. The van der Waals surface area contributed by atoms with E-state index in [1.165, 1.54) is 11.6 Å². The Morgan fingerprint density at radius 1 is 1.04 bits per heavy atom. The first-order chi connectivity index (χ1) is 11.7. The molecule has 120 valence electrons. The SMILES string of the molecule is COc1ccc(Cl)cc1-c1cc(=O)c2c(o1)-c1ccccc1CC2. The maximum atomic E-state index is 12.6. The molecule has 0 fully saturated rings. The van der Waals surface area contributed by atoms with Crippen LogP contribution in [0.25, 0.3) is 22.6 Å². The molecule has 0 unspecified atom stereocenters. The van der Waals surface area contributed by atoms with Crippen molar-refractivity contribution in [3.8, 4) is 28.4 Å². The van der Waals surface area contributed by atoms with Gasteiger partial charge in [-0.05, 0) is 36.6 Å². The summed E-state index contributed by atoms with van der Waals surface area (Å²) in [5.74, 6) is 1.74. The first-order valence-corrected chi connectivity index (χ1v) is 8.14. The monoisotopic (exact) mass is 338 g/mol. The van der Waals surface area contributed by atoms with Crippen molar-refractivity contribution in [3.63, 3.8) is 0 Å². The van der Waals surface area contributed by atoms with Crippen molar-refractivity contribution in [2.24, 2.45) is 0 Å². The highest BCUT2D eigenvalue weighted by atomic mass is 35.5. The van der Waals surface area contributed by atoms with Gasteiger partial charge in [0.1, 0.15) is 17.3 Å². The fraction of sp³-hybridized carbons (Fsp3) is 0.150. The molecule has 0 saturated heterocycles. The third kappa shape index (κ3) is 2.42. The van der Waals surface area contributed by atoms with E-state index in [4.69, 9.17) is 20.8 Å². The zero-order valence-corrected chi connectivity index (χ0v) is 13.9. The fourth-order valence-corrected chi connectivity index (χ4v) is 3.37. The molecule has 1 aliphatic rings. The summed E-state index contributed by atoms with van der Waals surface area (Å²) in [7, 11) is 1.58. The van der Waals surface area contributed by atoms with Crippen molar-refractivity contribution >= 4 is 11.6 Å². The Hall–Kier alpha value is -2.52. The van der Waals surface area contributed by atoms with Gasteiger partial charge in [-0.15, -0.1) is 0 Å². The molecule has 0 aliphatic heterocycles. The Balaban J connectivity index is 1.97. The van der Waals surface area contributed by atoms with Gasteiger partial charge in [-0.3, -0.25) is 4.79 Å². The smallest absolute Gasteiger partial charge is 0.189 e. The number of methoxy groups -OCH3 is 1. The number of hydrogen-bond donors (Lipinski definition) is 0. The van der Waals surface area contributed by atoms with E-state index < -0.39 is 0 Å². The van der Waals surface area contributed by atoms with E-state index in [1.807, 2.05) is 18.2 Å². The maximum absolute atomic E-state index is 12.6. The van der Waals surface area contributed by atoms with E-state index in [9.17, 15) is 4.79 Å². The summed E-state index contributed by atoms with van der Waals surface area (Å²) >= 11 is 6.11. The van der Waals surface area contributed by atoms with Crippen LogP contribution in [0, 0.1) is 0 Å². The highest BCUT2D eigenvalue weighted by Gasteiger charge is 2.22. The summed E-state index contributed by atoms with van der Waals surface area (Å²) in [6.07, 6.45) is 1.55. The topological polar surface area (TPSA) is 39.4 Å². The molecule has 24 heavy (non-hydrogen) atoms. The largest absolute Gasteiger partial charge is 0.496 e. The molecule has 0 spiro atoms. The normalized spacial score (nSPS) is 12.4. The van der Waals surface area contributed by atoms with E-state index in [1.54, 1.807) is 25.3 Å². The molecular formula is C20H15ClO3. The second kappa shape index (κ2) is 5.84. The molecule has 0 radical (unpaired) electrons. The van der Waals surface area contributed by atoms with Crippen LogP contribution < -0.4 is 10.2 Å². The highest BCUT2D eigenvalue weighted by molar-refractivity contribution is 6.30. The molecule has 1 aromatic heterocycles. The minimum absolute atomic E-state index is 0.0113. The predicted molar refractivity (Wildman–Crippen MR) is 94.8 cm³/mol. The number of hydrogen-bond acceptors (Lipinski definition) is 3. The number of ether oxygens (including phenoxy) is 1. The first-order valence-electron chi connectivity index (χ1n) is 7.76. The van der Waals surface area contributed by atoms with Crippen LogP contribution in [0.3, 0.4) is 0 Å². The maximum Gasteiger partial charge on any atom is 0.189 e. The summed E-state index contributed by atoms with van der Waals surface area (Å²) in [6, 6.07) is 14.8. The number of rotatable bonds is 2. The van der Waals surface area contributed by atoms with Gasteiger partial charge in [-0.2, -0.15) is 0 Å². The Labute approximate surface area is 144 Å². The minimum atomic E-state index is -0.0113. The number of benzene rings is 2. The van der Waals surface area contributed by atoms with Gasteiger partial charge in [-0.25, -0.2) is 0 Å². The lowest BCUT2D eigenvalue weighted by atomic mass is 9.89. The van der Waals surface area contributed by atoms with Crippen molar-refractivity contribution in [2.45, 2.75) is 12.8 Å². The molecule has 2 aromatic carbocycles. The van der Waals surface area contributed by atoms with Crippen LogP contribution in [0.1, 0.15) is 11.1 Å². The number of fused-ring (bicyclic) bond motifs is 3. The molecule has 4 heteroatoms. The third-order valence-electron chi connectivity index (χ3n) is 4.38. The van der Waals surface area contributed by atoms with Crippen molar-refractivity contribution in [1.29, 1.82) is 0 Å². The van der Waals surface area contributed by atoms with E-state index in [-0.39, 0.29) is 5.43 Å². The molecule has 3 aromatic rings. The van der Waals surface area contributed by atoms with Crippen LogP contribution >= 0.6 is 11.6 Å². The highest BCUT2D eigenvalue weighted by Crippen LogP contribution is 2.37. The zero-order valence-electron chi connectivity index (χ0n) is 13.1. The molecule has 0 amide bonds. The lowest BCUT2D eigenvalue weighted by Crippen LogP contribution is -2.15. The van der Waals surface area contributed by atoms with Gasteiger partial charge in [-0.1, -0.05) is 35.9 Å². The summed E-state index contributed by atoms with van der Waals surface area (Å²) in [6.45, 7) is 0. The average Bonchev–Trinajstić information content (AvgIpc) is 2.61. The van der Waals surface area contributed by atoms with Gasteiger partial charge in [0.05, 0.1) is 12.7 Å². The predicted octanol–water partition coefficient (Wildman–Crippen LogP) is 4.73. The number of halogens is 1. The van der Waals surface area contributed by atoms with Crippen molar-refractivity contribution in [1.82, 2.24) is 0 Å². The summed E-state index contributed by atoms with van der Waals surface area (Å²) in [4.78, 5) is 12.6. The van der Waals surface area contributed by atoms with Crippen LogP contribution in [0.15, 0.2) is 57.7 Å². The van der Waals surface area contributed by atoms with Crippen LogP contribution in [0.2, 0.25) is 5.02 Å². The molecule has 0 saturated carbocycles. The molecule has 0 N–H and O–H groups in total. The van der Waals surface area contributed by atoms with Gasteiger partial charge >= 0.3 is 0 Å². The minimum Gasteiger partial charge on any atom is -0.496 e. The molecule has 1 aliphatic carbocycles. The standard InChI is InChI=1S/C20H15ClO3/c1-23-18-9-7-13(21)10-16(18)19-11-17(22)15-8-6-12-4-2-3-5-14(12)20(15)24-19/h2-5,7,9-11H,6,8H2,1H3. The zero-order chi connectivity index (χ0) is 16.7. The van der Waals surface area contributed by atoms with Gasteiger partial charge in [0, 0.05) is 22.2 Å². The van der Waals surface area contributed by atoms with Crippen LogP contribution in [-0.4, -0.2) is 7.11 Å². The van der Waals surface area contributed by atoms with Gasteiger partial charge in [0.2, 0.25) is 0 Å². The lowest BCUT2D eigenvalue weighted by molar-refractivity contribution is 0.414. The number of aryl methyl sites for hydroxylation is 1.